The lowest BCUT2D eigenvalue weighted by Gasteiger charge is -2.38. The maximum atomic E-state index is 13.1. The fraction of sp³-hybridized carbons (Fsp3) is 0.722. The fourth-order valence-electron chi connectivity index (χ4n) is 3.95. The quantitative estimate of drug-likeness (QED) is 0.864. The van der Waals surface area contributed by atoms with Gasteiger partial charge in [-0.25, -0.2) is 9.97 Å². The highest BCUT2D eigenvalue weighted by Crippen LogP contribution is 2.37. The van der Waals surface area contributed by atoms with Gasteiger partial charge in [-0.3, -0.25) is 9.69 Å². The summed E-state index contributed by atoms with van der Waals surface area (Å²) >= 11 is 0. The molecule has 1 atom stereocenters. The zero-order chi connectivity index (χ0) is 17.9. The Kier molecular flexibility index (Phi) is 5.54. The number of amides is 1. The smallest absolute Gasteiger partial charge is 0.229 e. The van der Waals surface area contributed by atoms with Crippen LogP contribution in [0.5, 0.6) is 0 Å². The van der Waals surface area contributed by atoms with Crippen LogP contribution in [0.25, 0.3) is 0 Å². The summed E-state index contributed by atoms with van der Waals surface area (Å²) in [6.07, 6.45) is 5.25. The molecule has 0 saturated carbocycles. The molecule has 3 heterocycles. The summed E-state index contributed by atoms with van der Waals surface area (Å²) in [7, 11) is 2.06. The molecule has 0 aromatic carbocycles. The minimum Gasteiger partial charge on any atom is -0.384 e. The predicted molar refractivity (Wildman–Crippen MR) is 95.7 cm³/mol. The highest BCUT2D eigenvalue weighted by molar-refractivity contribution is 5.83. The SMILES string of the molecule is CCC1(C(=O)N2CCC(N(C)Cc3nccc(N)n3)C2)CCOCC1. The van der Waals surface area contributed by atoms with Crippen LogP contribution in [0.4, 0.5) is 5.82 Å². The Labute approximate surface area is 149 Å². The largest absolute Gasteiger partial charge is 0.384 e. The molecule has 2 aliphatic heterocycles. The molecule has 25 heavy (non-hydrogen) atoms. The monoisotopic (exact) mass is 347 g/mol. The molecule has 1 aromatic rings. The highest BCUT2D eigenvalue weighted by Gasteiger charge is 2.43. The second-order valence-electron chi connectivity index (χ2n) is 7.25. The second-order valence-corrected chi connectivity index (χ2v) is 7.25. The fourth-order valence-corrected chi connectivity index (χ4v) is 3.95. The van der Waals surface area contributed by atoms with Gasteiger partial charge in [0.2, 0.25) is 5.91 Å². The number of likely N-dealkylation sites (tertiary alicyclic amines) is 1. The van der Waals surface area contributed by atoms with Crippen molar-refractivity contribution >= 4 is 11.7 Å². The van der Waals surface area contributed by atoms with Crippen LogP contribution in [0, 0.1) is 5.41 Å². The van der Waals surface area contributed by atoms with Crippen molar-refractivity contribution < 1.29 is 9.53 Å². The number of rotatable bonds is 5. The van der Waals surface area contributed by atoms with Gasteiger partial charge in [0.25, 0.3) is 0 Å². The van der Waals surface area contributed by atoms with Crippen LogP contribution in [0.3, 0.4) is 0 Å². The molecule has 0 aliphatic carbocycles. The van der Waals surface area contributed by atoms with E-state index in [1.165, 1.54) is 0 Å². The molecule has 0 spiro atoms. The zero-order valence-electron chi connectivity index (χ0n) is 15.3. The maximum absolute atomic E-state index is 13.1. The highest BCUT2D eigenvalue weighted by atomic mass is 16.5. The lowest BCUT2D eigenvalue weighted by Crippen LogP contribution is -2.47. The van der Waals surface area contributed by atoms with Crippen molar-refractivity contribution in [3.63, 3.8) is 0 Å². The molecule has 7 nitrogen and oxygen atoms in total. The number of carbonyl (C=O) groups is 1. The summed E-state index contributed by atoms with van der Waals surface area (Å²) in [4.78, 5) is 26.0. The topological polar surface area (TPSA) is 84.6 Å². The van der Waals surface area contributed by atoms with E-state index < -0.39 is 0 Å². The Morgan fingerprint density at radius 2 is 2.24 bits per heavy atom. The third kappa shape index (κ3) is 3.93. The average molecular weight is 347 g/mol. The first-order chi connectivity index (χ1) is 12.0. The molecule has 1 aromatic heterocycles. The van der Waals surface area contributed by atoms with Crippen molar-refractivity contribution in [3.05, 3.63) is 18.1 Å². The molecular weight excluding hydrogens is 318 g/mol. The number of likely N-dealkylation sites (N-methyl/N-ethyl adjacent to an activating group) is 1. The van der Waals surface area contributed by atoms with Crippen LogP contribution in [0.2, 0.25) is 0 Å². The molecule has 2 fully saturated rings. The van der Waals surface area contributed by atoms with Crippen molar-refractivity contribution in [1.29, 1.82) is 0 Å². The first kappa shape index (κ1) is 18.1. The molecule has 2 aliphatic rings. The van der Waals surface area contributed by atoms with Gasteiger partial charge in [0, 0.05) is 38.5 Å². The van der Waals surface area contributed by atoms with E-state index in [2.05, 4.69) is 33.7 Å². The number of carbonyl (C=O) groups excluding carboxylic acids is 1. The van der Waals surface area contributed by atoms with Gasteiger partial charge >= 0.3 is 0 Å². The van der Waals surface area contributed by atoms with Gasteiger partial charge in [-0.15, -0.1) is 0 Å². The Morgan fingerprint density at radius 1 is 1.48 bits per heavy atom. The van der Waals surface area contributed by atoms with Crippen molar-refractivity contribution in [2.24, 2.45) is 5.41 Å². The van der Waals surface area contributed by atoms with Crippen LogP contribution in [0.1, 0.15) is 38.4 Å². The standard InChI is InChI=1S/C18H29N5O2/c1-3-18(6-10-25-11-7-18)17(24)23-9-5-14(12-23)22(2)13-16-20-8-4-15(19)21-16/h4,8,14H,3,5-7,9-13H2,1-2H3,(H2,19,20,21). The second kappa shape index (κ2) is 7.66. The Morgan fingerprint density at radius 3 is 2.92 bits per heavy atom. The number of aromatic nitrogens is 2. The summed E-state index contributed by atoms with van der Waals surface area (Å²) < 4.78 is 5.47. The molecule has 2 N–H and O–H groups in total. The van der Waals surface area contributed by atoms with Crippen LogP contribution < -0.4 is 5.73 Å². The summed E-state index contributed by atoms with van der Waals surface area (Å²) in [6.45, 7) is 5.77. The van der Waals surface area contributed by atoms with Crippen molar-refractivity contribution in [2.75, 3.05) is 39.1 Å². The lowest BCUT2D eigenvalue weighted by atomic mass is 9.76. The first-order valence-corrected chi connectivity index (χ1v) is 9.19. The van der Waals surface area contributed by atoms with Gasteiger partial charge in [0.05, 0.1) is 12.0 Å². The number of hydrogen-bond acceptors (Lipinski definition) is 6. The van der Waals surface area contributed by atoms with E-state index in [1.807, 2.05) is 0 Å². The number of ether oxygens (including phenoxy) is 1. The van der Waals surface area contributed by atoms with E-state index in [0.29, 0.717) is 37.5 Å². The molecule has 0 bridgehead atoms. The number of nitrogen functional groups attached to an aromatic ring is 1. The molecule has 7 heteroatoms. The van der Waals surface area contributed by atoms with Gasteiger partial charge in [0.1, 0.15) is 11.6 Å². The minimum absolute atomic E-state index is 0.220. The van der Waals surface area contributed by atoms with Gasteiger partial charge in [-0.05, 0) is 38.8 Å². The lowest BCUT2D eigenvalue weighted by molar-refractivity contribution is -0.147. The molecule has 0 radical (unpaired) electrons. The Balaban J connectivity index is 1.59. The summed E-state index contributed by atoms with van der Waals surface area (Å²) in [6, 6.07) is 2.03. The third-order valence-electron chi connectivity index (χ3n) is 5.77. The van der Waals surface area contributed by atoms with Gasteiger partial charge < -0.3 is 15.4 Å². The minimum atomic E-state index is -0.220. The first-order valence-electron chi connectivity index (χ1n) is 9.19. The van der Waals surface area contributed by atoms with Crippen LogP contribution in [-0.4, -0.2) is 65.1 Å². The van der Waals surface area contributed by atoms with Gasteiger partial charge in [-0.1, -0.05) is 6.92 Å². The number of hydrogen-bond donors (Lipinski definition) is 1. The molecule has 138 valence electrons. The normalized spacial score (nSPS) is 23.2. The van der Waals surface area contributed by atoms with E-state index in [4.69, 9.17) is 10.5 Å². The van der Waals surface area contributed by atoms with E-state index in [0.717, 1.165) is 44.6 Å². The van der Waals surface area contributed by atoms with E-state index in [-0.39, 0.29) is 5.41 Å². The van der Waals surface area contributed by atoms with Crippen LogP contribution >= 0.6 is 0 Å². The average Bonchev–Trinajstić information content (AvgIpc) is 3.12. The van der Waals surface area contributed by atoms with E-state index in [9.17, 15) is 4.79 Å². The number of nitrogens with zero attached hydrogens (tertiary/aromatic N) is 4. The number of anilines is 1. The molecular formula is C18H29N5O2. The summed E-state index contributed by atoms with van der Waals surface area (Å²) in [5.41, 5.74) is 5.51. The summed E-state index contributed by atoms with van der Waals surface area (Å²) in [5, 5.41) is 0. The molecule has 1 unspecified atom stereocenters. The third-order valence-corrected chi connectivity index (χ3v) is 5.77. The van der Waals surface area contributed by atoms with Crippen molar-refractivity contribution in [3.8, 4) is 0 Å². The number of nitrogens with two attached hydrogens (primary N) is 1. The van der Waals surface area contributed by atoms with E-state index >= 15 is 0 Å². The van der Waals surface area contributed by atoms with Gasteiger partial charge in [-0.2, -0.15) is 0 Å². The van der Waals surface area contributed by atoms with E-state index in [1.54, 1.807) is 12.3 Å². The molecule has 2 saturated heterocycles. The maximum Gasteiger partial charge on any atom is 0.229 e. The molecule has 3 rings (SSSR count). The predicted octanol–water partition coefficient (Wildman–Crippen LogP) is 1.30. The van der Waals surface area contributed by atoms with Crippen molar-refractivity contribution in [1.82, 2.24) is 19.8 Å². The Hall–Kier alpha value is -1.73. The zero-order valence-corrected chi connectivity index (χ0v) is 15.3. The Bertz CT molecular complexity index is 603. The van der Waals surface area contributed by atoms with Crippen LogP contribution in [0.15, 0.2) is 12.3 Å². The van der Waals surface area contributed by atoms with Gasteiger partial charge in [0.15, 0.2) is 0 Å². The molecule has 1 amide bonds. The van der Waals surface area contributed by atoms with Crippen molar-refractivity contribution in [2.45, 2.75) is 45.2 Å². The van der Waals surface area contributed by atoms with Crippen LogP contribution in [-0.2, 0) is 16.1 Å². The summed E-state index contributed by atoms with van der Waals surface area (Å²) in [5.74, 6) is 1.53.